The summed E-state index contributed by atoms with van der Waals surface area (Å²) < 4.78 is 28.3. The summed E-state index contributed by atoms with van der Waals surface area (Å²) in [6.45, 7) is 0.299. The molecule has 0 radical (unpaired) electrons. The summed E-state index contributed by atoms with van der Waals surface area (Å²) in [7, 11) is 0.0224. The molecule has 8 heteroatoms. The van der Waals surface area contributed by atoms with E-state index in [-0.39, 0.29) is 4.90 Å². The Labute approximate surface area is 118 Å². The predicted molar refractivity (Wildman–Crippen MR) is 75.9 cm³/mol. The standard InChI is InChI=1S/C12H17N5O2S/c1-13-12-4-3-11(9-14-12)20(18,19)15-7-5-10-6-8-17(2)16-10/h3-4,6,8-9,15H,5,7H2,1-2H3,(H,13,14). The Balaban J connectivity index is 1.96. The molecule has 2 heterocycles. The molecule has 7 nitrogen and oxygen atoms in total. The van der Waals surface area contributed by atoms with Crippen molar-refractivity contribution in [1.29, 1.82) is 0 Å². The summed E-state index contributed by atoms with van der Waals surface area (Å²) >= 11 is 0. The summed E-state index contributed by atoms with van der Waals surface area (Å²) in [5.41, 5.74) is 0.846. The van der Waals surface area contributed by atoms with Crippen LogP contribution >= 0.6 is 0 Å². The maximum absolute atomic E-state index is 12.0. The van der Waals surface area contributed by atoms with Gasteiger partial charge in [-0.05, 0) is 18.2 Å². The summed E-state index contributed by atoms with van der Waals surface area (Å²) in [4.78, 5) is 4.14. The lowest BCUT2D eigenvalue weighted by molar-refractivity contribution is 0.580. The molecule has 0 saturated carbocycles. The Morgan fingerprint density at radius 1 is 1.30 bits per heavy atom. The van der Waals surface area contributed by atoms with Crippen LogP contribution in [0.25, 0.3) is 0 Å². The SMILES string of the molecule is CNc1ccc(S(=O)(=O)NCCc2ccn(C)n2)cn1. The van der Waals surface area contributed by atoms with E-state index in [1.807, 2.05) is 19.3 Å². The fourth-order valence-electron chi connectivity index (χ4n) is 1.68. The van der Waals surface area contributed by atoms with Crippen molar-refractivity contribution in [1.82, 2.24) is 19.5 Å². The Morgan fingerprint density at radius 3 is 2.65 bits per heavy atom. The van der Waals surface area contributed by atoms with Crippen molar-refractivity contribution >= 4 is 15.8 Å². The molecule has 0 aliphatic rings. The molecule has 0 amide bonds. The van der Waals surface area contributed by atoms with Gasteiger partial charge in [0, 0.05) is 39.5 Å². The minimum absolute atomic E-state index is 0.150. The Kier molecular flexibility index (Phi) is 4.35. The van der Waals surface area contributed by atoms with Crippen molar-refractivity contribution in [3.63, 3.8) is 0 Å². The number of hydrogen-bond acceptors (Lipinski definition) is 5. The smallest absolute Gasteiger partial charge is 0.242 e. The molecule has 2 aromatic heterocycles. The first-order valence-corrected chi connectivity index (χ1v) is 7.61. The van der Waals surface area contributed by atoms with Crippen molar-refractivity contribution in [2.75, 3.05) is 18.9 Å². The molecule has 108 valence electrons. The maximum atomic E-state index is 12.0. The van der Waals surface area contributed by atoms with Gasteiger partial charge in [-0.1, -0.05) is 0 Å². The predicted octanol–water partition coefficient (Wildman–Crippen LogP) is 0.378. The van der Waals surface area contributed by atoms with Crippen LogP contribution in [-0.4, -0.2) is 36.8 Å². The second-order valence-corrected chi connectivity index (χ2v) is 6.02. The van der Waals surface area contributed by atoms with Gasteiger partial charge in [0.15, 0.2) is 0 Å². The van der Waals surface area contributed by atoms with E-state index in [1.54, 1.807) is 17.8 Å². The second-order valence-electron chi connectivity index (χ2n) is 4.26. The molecule has 0 aliphatic heterocycles. The maximum Gasteiger partial charge on any atom is 0.242 e. The minimum Gasteiger partial charge on any atom is -0.373 e. The van der Waals surface area contributed by atoms with Crippen LogP contribution in [0.1, 0.15) is 5.69 Å². The van der Waals surface area contributed by atoms with Crippen molar-refractivity contribution < 1.29 is 8.42 Å². The fraction of sp³-hybridized carbons (Fsp3) is 0.333. The monoisotopic (exact) mass is 295 g/mol. The summed E-state index contributed by atoms with van der Waals surface area (Å²) in [5.74, 6) is 0.623. The molecule has 0 aliphatic carbocycles. The number of nitrogens with zero attached hydrogens (tertiary/aromatic N) is 3. The third-order valence-electron chi connectivity index (χ3n) is 2.74. The van der Waals surface area contributed by atoms with Crippen molar-refractivity contribution in [3.8, 4) is 0 Å². The highest BCUT2D eigenvalue weighted by Crippen LogP contribution is 2.10. The van der Waals surface area contributed by atoms with E-state index in [0.717, 1.165) is 5.69 Å². The van der Waals surface area contributed by atoms with E-state index in [4.69, 9.17) is 0 Å². The molecule has 0 spiro atoms. The van der Waals surface area contributed by atoms with Crippen LogP contribution < -0.4 is 10.0 Å². The molecule has 2 N–H and O–H groups in total. The van der Waals surface area contributed by atoms with Crippen LogP contribution in [0.5, 0.6) is 0 Å². The van der Waals surface area contributed by atoms with Crippen molar-refractivity contribution in [3.05, 3.63) is 36.3 Å². The van der Waals surface area contributed by atoms with Crippen molar-refractivity contribution in [2.24, 2.45) is 7.05 Å². The number of aromatic nitrogens is 3. The minimum atomic E-state index is -3.52. The van der Waals surface area contributed by atoms with E-state index in [2.05, 4.69) is 20.1 Å². The van der Waals surface area contributed by atoms with E-state index < -0.39 is 10.0 Å². The van der Waals surface area contributed by atoms with Gasteiger partial charge in [0.1, 0.15) is 10.7 Å². The van der Waals surface area contributed by atoms with Gasteiger partial charge in [0.05, 0.1) is 5.69 Å². The first kappa shape index (κ1) is 14.5. The molecule has 0 bridgehead atoms. The Bertz CT molecular complexity index is 663. The highest BCUT2D eigenvalue weighted by molar-refractivity contribution is 7.89. The summed E-state index contributed by atoms with van der Waals surface area (Å²) in [5, 5.41) is 7.02. The quantitative estimate of drug-likeness (QED) is 0.804. The zero-order valence-electron chi connectivity index (χ0n) is 11.4. The van der Waals surface area contributed by atoms with Crippen LogP contribution in [0.4, 0.5) is 5.82 Å². The zero-order chi connectivity index (χ0) is 14.6. The number of hydrogen-bond donors (Lipinski definition) is 2. The van der Waals surface area contributed by atoms with E-state index in [9.17, 15) is 8.42 Å². The number of rotatable bonds is 6. The topological polar surface area (TPSA) is 88.9 Å². The van der Waals surface area contributed by atoms with Gasteiger partial charge in [-0.3, -0.25) is 4.68 Å². The van der Waals surface area contributed by atoms with Crippen LogP contribution in [0.3, 0.4) is 0 Å². The molecule has 2 rings (SSSR count). The van der Waals surface area contributed by atoms with Gasteiger partial charge in [0.2, 0.25) is 10.0 Å². The normalized spacial score (nSPS) is 11.5. The third-order valence-corrected chi connectivity index (χ3v) is 4.19. The number of nitrogens with one attached hydrogen (secondary N) is 2. The third kappa shape index (κ3) is 3.55. The van der Waals surface area contributed by atoms with Crippen LogP contribution in [0.2, 0.25) is 0 Å². The molecule has 2 aromatic rings. The molecule has 0 fully saturated rings. The molecular formula is C12H17N5O2S. The lowest BCUT2D eigenvalue weighted by atomic mass is 10.3. The molecule has 20 heavy (non-hydrogen) atoms. The first-order chi connectivity index (χ1) is 9.51. The van der Waals surface area contributed by atoms with Gasteiger partial charge in [-0.25, -0.2) is 18.1 Å². The lowest BCUT2D eigenvalue weighted by Gasteiger charge is -2.06. The summed E-state index contributed by atoms with van der Waals surface area (Å²) in [6, 6.07) is 4.99. The lowest BCUT2D eigenvalue weighted by Crippen LogP contribution is -2.26. The van der Waals surface area contributed by atoms with Gasteiger partial charge in [-0.2, -0.15) is 5.10 Å². The van der Waals surface area contributed by atoms with E-state index in [0.29, 0.717) is 18.8 Å². The number of anilines is 1. The number of aryl methyl sites for hydroxylation is 1. The number of pyridine rings is 1. The largest absolute Gasteiger partial charge is 0.373 e. The van der Waals surface area contributed by atoms with Gasteiger partial charge in [0.25, 0.3) is 0 Å². The molecule has 0 saturated heterocycles. The van der Waals surface area contributed by atoms with Crippen LogP contribution in [0, 0.1) is 0 Å². The Morgan fingerprint density at radius 2 is 2.10 bits per heavy atom. The van der Waals surface area contributed by atoms with Crippen molar-refractivity contribution in [2.45, 2.75) is 11.3 Å². The highest BCUT2D eigenvalue weighted by Gasteiger charge is 2.13. The zero-order valence-corrected chi connectivity index (χ0v) is 12.2. The molecule has 0 aromatic carbocycles. The van der Waals surface area contributed by atoms with Gasteiger partial charge >= 0.3 is 0 Å². The van der Waals surface area contributed by atoms with E-state index in [1.165, 1.54) is 12.3 Å². The van der Waals surface area contributed by atoms with Crippen LogP contribution in [-0.2, 0) is 23.5 Å². The highest BCUT2D eigenvalue weighted by atomic mass is 32.2. The van der Waals surface area contributed by atoms with Gasteiger partial charge < -0.3 is 5.32 Å². The average molecular weight is 295 g/mol. The van der Waals surface area contributed by atoms with Gasteiger partial charge in [-0.15, -0.1) is 0 Å². The number of sulfonamides is 1. The molecule has 0 unspecified atom stereocenters. The van der Waals surface area contributed by atoms with E-state index >= 15 is 0 Å². The molecular weight excluding hydrogens is 278 g/mol. The summed E-state index contributed by atoms with van der Waals surface area (Å²) in [6.07, 6.45) is 3.70. The molecule has 0 atom stereocenters. The average Bonchev–Trinajstić information content (AvgIpc) is 2.84. The first-order valence-electron chi connectivity index (χ1n) is 6.13. The van der Waals surface area contributed by atoms with Crippen LogP contribution in [0.15, 0.2) is 35.5 Å². The second kappa shape index (κ2) is 6.02. The Hall–Kier alpha value is -1.93. The fourth-order valence-corrected chi connectivity index (χ4v) is 2.66.